The standard InChI is InChI=1S/C4H12O3Si.K.H2O/c1-5-8(4,6-2)7-3;;/h1-4H3;;1H2/q;+1;/p-1. The van der Waals surface area contributed by atoms with Crippen LogP contribution in [-0.4, -0.2) is 35.6 Å². The van der Waals surface area contributed by atoms with Gasteiger partial charge < -0.3 is 18.8 Å². The Morgan fingerprint density at radius 1 is 0.900 bits per heavy atom. The largest absolute Gasteiger partial charge is 1.00 e. The van der Waals surface area contributed by atoms with E-state index in [1.165, 1.54) is 0 Å². The van der Waals surface area contributed by atoms with Crippen LogP contribution in [0.25, 0.3) is 0 Å². The molecule has 0 rings (SSSR count). The SMILES string of the molecule is CO[Si](C)(OC)OC.[K+].[OH-]. The van der Waals surface area contributed by atoms with Crippen LogP contribution < -0.4 is 51.4 Å². The summed E-state index contributed by atoms with van der Waals surface area (Å²) in [5.41, 5.74) is 0. The molecule has 6 heteroatoms. The van der Waals surface area contributed by atoms with Crippen molar-refractivity contribution in [2.75, 3.05) is 21.3 Å². The molecule has 10 heavy (non-hydrogen) atoms. The monoisotopic (exact) mass is 192 g/mol. The average molecular weight is 192 g/mol. The van der Waals surface area contributed by atoms with Crippen LogP contribution in [0, 0.1) is 0 Å². The van der Waals surface area contributed by atoms with Crippen molar-refractivity contribution in [2.45, 2.75) is 6.55 Å². The van der Waals surface area contributed by atoms with Crippen LogP contribution in [0.4, 0.5) is 0 Å². The topological polar surface area (TPSA) is 57.7 Å². The molecule has 0 heterocycles. The summed E-state index contributed by atoms with van der Waals surface area (Å²) in [4.78, 5) is 0. The van der Waals surface area contributed by atoms with E-state index in [-0.39, 0.29) is 56.9 Å². The van der Waals surface area contributed by atoms with Crippen LogP contribution in [0.5, 0.6) is 0 Å². The van der Waals surface area contributed by atoms with Gasteiger partial charge in [0.25, 0.3) is 0 Å². The molecule has 0 aliphatic rings. The Bertz CT molecular complexity index is 60.0. The maximum atomic E-state index is 4.93. The fourth-order valence-corrected chi connectivity index (χ4v) is 0.750. The summed E-state index contributed by atoms with van der Waals surface area (Å²) in [5, 5.41) is 0. The molecular weight excluding hydrogens is 179 g/mol. The van der Waals surface area contributed by atoms with E-state index in [0.29, 0.717) is 0 Å². The first kappa shape index (κ1) is 17.7. The summed E-state index contributed by atoms with van der Waals surface area (Å²) < 4.78 is 14.8. The molecule has 0 unspecified atom stereocenters. The normalized spacial score (nSPS) is 9.60. The number of hydrogen-bond donors (Lipinski definition) is 0. The predicted molar refractivity (Wildman–Crippen MR) is 34.6 cm³/mol. The van der Waals surface area contributed by atoms with Gasteiger partial charge in [-0.25, -0.2) is 0 Å². The summed E-state index contributed by atoms with van der Waals surface area (Å²) in [5.74, 6) is 0. The van der Waals surface area contributed by atoms with Crippen molar-refractivity contribution in [3.05, 3.63) is 0 Å². The Kier molecular flexibility index (Phi) is 15.5. The van der Waals surface area contributed by atoms with E-state index in [9.17, 15) is 0 Å². The molecule has 0 aromatic rings. The molecule has 0 saturated heterocycles. The Balaban J connectivity index is -0.000000245. The molecule has 0 amide bonds. The second-order valence-electron chi connectivity index (χ2n) is 1.47. The van der Waals surface area contributed by atoms with Crippen molar-refractivity contribution < 1.29 is 70.1 Å². The summed E-state index contributed by atoms with van der Waals surface area (Å²) in [7, 11) is 2.58. The van der Waals surface area contributed by atoms with E-state index in [0.717, 1.165) is 0 Å². The van der Waals surface area contributed by atoms with Crippen molar-refractivity contribution in [3.8, 4) is 0 Å². The van der Waals surface area contributed by atoms with Crippen LogP contribution in [-0.2, 0) is 13.3 Å². The molecule has 0 saturated carbocycles. The molecule has 0 aromatic heterocycles. The minimum absolute atomic E-state index is 0. The van der Waals surface area contributed by atoms with Crippen LogP contribution in [0.3, 0.4) is 0 Å². The molecule has 0 spiro atoms. The molecule has 58 valence electrons. The third-order valence-electron chi connectivity index (χ3n) is 1.11. The zero-order valence-corrected chi connectivity index (χ0v) is 11.3. The molecule has 0 atom stereocenters. The van der Waals surface area contributed by atoms with Crippen LogP contribution in [0.2, 0.25) is 6.55 Å². The third-order valence-corrected chi connectivity index (χ3v) is 3.34. The molecule has 0 radical (unpaired) electrons. The second-order valence-corrected chi connectivity index (χ2v) is 4.42. The minimum atomic E-state index is -2.17. The second kappa shape index (κ2) is 8.79. The first-order valence-corrected chi connectivity index (χ1v) is 4.56. The van der Waals surface area contributed by atoms with Gasteiger partial charge in [0.2, 0.25) is 0 Å². The quantitative estimate of drug-likeness (QED) is 0.457. The molecule has 0 fully saturated rings. The first-order chi connectivity index (χ1) is 3.68. The zero-order chi connectivity index (χ0) is 6.62. The van der Waals surface area contributed by atoms with E-state index >= 15 is 0 Å². The van der Waals surface area contributed by atoms with Crippen molar-refractivity contribution in [1.82, 2.24) is 0 Å². The maximum Gasteiger partial charge on any atom is 1.00 e. The fourth-order valence-electron chi connectivity index (χ4n) is 0.250. The molecule has 4 nitrogen and oxygen atoms in total. The van der Waals surface area contributed by atoms with Crippen LogP contribution in [0.1, 0.15) is 0 Å². The Morgan fingerprint density at radius 2 is 1.10 bits per heavy atom. The Morgan fingerprint density at radius 3 is 1.10 bits per heavy atom. The predicted octanol–water partition coefficient (Wildman–Crippen LogP) is -2.68. The fraction of sp³-hybridized carbons (Fsp3) is 1.00. The summed E-state index contributed by atoms with van der Waals surface area (Å²) in [6.45, 7) is 1.83. The molecule has 1 N–H and O–H groups in total. The summed E-state index contributed by atoms with van der Waals surface area (Å²) in [6.07, 6.45) is 0. The first-order valence-electron chi connectivity index (χ1n) is 2.34. The summed E-state index contributed by atoms with van der Waals surface area (Å²) in [6, 6.07) is 0. The van der Waals surface area contributed by atoms with Crippen LogP contribution >= 0.6 is 0 Å². The van der Waals surface area contributed by atoms with E-state index in [1.54, 1.807) is 21.3 Å². The average Bonchev–Trinajstić information content (AvgIpc) is 1.87. The van der Waals surface area contributed by atoms with Gasteiger partial charge in [-0.05, 0) is 0 Å². The van der Waals surface area contributed by atoms with Gasteiger partial charge in [0.15, 0.2) is 0 Å². The van der Waals surface area contributed by atoms with Crippen LogP contribution in [0.15, 0.2) is 0 Å². The number of hydrogen-bond acceptors (Lipinski definition) is 4. The number of rotatable bonds is 3. The van der Waals surface area contributed by atoms with Gasteiger partial charge >= 0.3 is 60.2 Å². The molecule has 0 aromatic carbocycles. The van der Waals surface area contributed by atoms with Gasteiger partial charge in [0.05, 0.1) is 0 Å². The van der Waals surface area contributed by atoms with Gasteiger partial charge in [-0.1, -0.05) is 0 Å². The van der Waals surface area contributed by atoms with E-state index in [2.05, 4.69) is 0 Å². The molecular formula is C4H13KO4Si. The van der Waals surface area contributed by atoms with Gasteiger partial charge in [-0.2, -0.15) is 0 Å². The molecule has 0 bridgehead atoms. The van der Waals surface area contributed by atoms with Crippen molar-refractivity contribution >= 4 is 8.80 Å². The van der Waals surface area contributed by atoms with E-state index in [4.69, 9.17) is 13.3 Å². The van der Waals surface area contributed by atoms with Crippen molar-refractivity contribution in [2.24, 2.45) is 0 Å². The van der Waals surface area contributed by atoms with Crippen molar-refractivity contribution in [1.29, 1.82) is 0 Å². The maximum absolute atomic E-state index is 4.93. The van der Waals surface area contributed by atoms with Gasteiger partial charge in [-0.15, -0.1) is 0 Å². The molecule has 0 aliphatic heterocycles. The Hall–Kier alpha value is 1.69. The zero-order valence-electron chi connectivity index (χ0n) is 7.17. The molecule has 0 aliphatic carbocycles. The van der Waals surface area contributed by atoms with E-state index < -0.39 is 8.80 Å². The van der Waals surface area contributed by atoms with E-state index in [1.807, 2.05) is 6.55 Å². The van der Waals surface area contributed by atoms with Gasteiger partial charge in [0.1, 0.15) is 0 Å². The minimum Gasteiger partial charge on any atom is -0.870 e. The van der Waals surface area contributed by atoms with Gasteiger partial charge in [-0.3, -0.25) is 0 Å². The Labute approximate surface area is 105 Å². The smallest absolute Gasteiger partial charge is 0.870 e. The van der Waals surface area contributed by atoms with Crippen molar-refractivity contribution in [3.63, 3.8) is 0 Å². The van der Waals surface area contributed by atoms with Gasteiger partial charge in [0, 0.05) is 27.9 Å². The third kappa shape index (κ3) is 6.41. The summed E-state index contributed by atoms with van der Waals surface area (Å²) >= 11 is 0.